The van der Waals surface area contributed by atoms with Crippen LogP contribution >= 0.6 is 0 Å². The van der Waals surface area contributed by atoms with Gasteiger partial charge < -0.3 is 15.4 Å². The van der Waals surface area contributed by atoms with Crippen LogP contribution in [0.25, 0.3) is 0 Å². The maximum Gasteiger partial charge on any atom is 0.146 e. The zero-order chi connectivity index (χ0) is 14.7. The van der Waals surface area contributed by atoms with E-state index in [1.54, 1.807) is 19.2 Å². The van der Waals surface area contributed by atoms with E-state index < -0.39 is 0 Å². The van der Waals surface area contributed by atoms with E-state index in [-0.39, 0.29) is 5.82 Å². The summed E-state index contributed by atoms with van der Waals surface area (Å²) < 4.78 is 19.2. The molecule has 0 bridgehead atoms. The lowest BCUT2D eigenvalue weighted by molar-refractivity contribution is 0.262. The van der Waals surface area contributed by atoms with E-state index >= 15 is 0 Å². The predicted molar refractivity (Wildman–Crippen MR) is 83.3 cm³/mol. The molecule has 21 heavy (non-hydrogen) atoms. The Labute approximate surface area is 126 Å². The molecule has 0 radical (unpaired) electrons. The Hall–Kier alpha value is -1.29. The van der Waals surface area contributed by atoms with Crippen molar-refractivity contribution < 1.29 is 9.13 Å². The molecule has 3 rings (SSSR count). The van der Waals surface area contributed by atoms with Gasteiger partial charge in [0.2, 0.25) is 0 Å². The van der Waals surface area contributed by atoms with Crippen LogP contribution in [0.3, 0.4) is 0 Å². The number of halogens is 1. The van der Waals surface area contributed by atoms with Crippen molar-refractivity contribution in [2.75, 3.05) is 19.0 Å². The van der Waals surface area contributed by atoms with E-state index in [1.807, 2.05) is 0 Å². The van der Waals surface area contributed by atoms with Gasteiger partial charge in [0.15, 0.2) is 0 Å². The molecule has 0 spiro atoms. The van der Waals surface area contributed by atoms with Crippen LogP contribution in [0.1, 0.15) is 38.5 Å². The molecule has 1 heterocycles. The third kappa shape index (κ3) is 3.31. The van der Waals surface area contributed by atoms with Crippen molar-refractivity contribution in [3.8, 4) is 5.75 Å². The van der Waals surface area contributed by atoms with E-state index in [9.17, 15) is 4.39 Å². The Balaban J connectivity index is 1.74. The van der Waals surface area contributed by atoms with Gasteiger partial charge in [-0.3, -0.25) is 0 Å². The lowest BCUT2D eigenvalue weighted by Gasteiger charge is -2.37. The molecule has 3 nitrogen and oxygen atoms in total. The van der Waals surface area contributed by atoms with E-state index in [1.165, 1.54) is 38.2 Å². The van der Waals surface area contributed by atoms with Crippen LogP contribution in [0.15, 0.2) is 18.2 Å². The summed E-state index contributed by atoms with van der Waals surface area (Å²) in [6.07, 6.45) is 7.40. The second-order valence-electron chi connectivity index (χ2n) is 6.25. The highest BCUT2D eigenvalue weighted by molar-refractivity contribution is 5.50. The summed E-state index contributed by atoms with van der Waals surface area (Å²) in [6.45, 7) is 1.13. The van der Waals surface area contributed by atoms with Gasteiger partial charge in [0, 0.05) is 18.2 Å². The molecule has 2 fully saturated rings. The first-order valence-electron chi connectivity index (χ1n) is 8.11. The van der Waals surface area contributed by atoms with Gasteiger partial charge in [-0.2, -0.15) is 0 Å². The fourth-order valence-electron chi connectivity index (χ4n) is 3.84. The van der Waals surface area contributed by atoms with Crippen LogP contribution in [0.4, 0.5) is 10.1 Å². The highest BCUT2D eigenvalue weighted by atomic mass is 19.1. The molecule has 3 atom stereocenters. The number of benzene rings is 1. The van der Waals surface area contributed by atoms with Crippen LogP contribution in [0, 0.1) is 11.7 Å². The minimum atomic E-state index is -0.195. The fourth-order valence-corrected chi connectivity index (χ4v) is 3.84. The van der Waals surface area contributed by atoms with Crippen molar-refractivity contribution in [1.82, 2.24) is 5.32 Å². The van der Waals surface area contributed by atoms with Gasteiger partial charge in [0.25, 0.3) is 0 Å². The first kappa shape index (κ1) is 14.6. The second kappa shape index (κ2) is 6.65. The van der Waals surface area contributed by atoms with Crippen molar-refractivity contribution in [1.29, 1.82) is 0 Å². The Morgan fingerprint density at radius 2 is 2.05 bits per heavy atom. The van der Waals surface area contributed by atoms with Crippen LogP contribution in [0.2, 0.25) is 0 Å². The van der Waals surface area contributed by atoms with E-state index in [0.717, 1.165) is 13.0 Å². The van der Waals surface area contributed by atoms with E-state index in [0.29, 0.717) is 29.4 Å². The lowest BCUT2D eigenvalue weighted by atomic mass is 9.79. The van der Waals surface area contributed by atoms with Gasteiger partial charge in [-0.05, 0) is 50.3 Å². The quantitative estimate of drug-likeness (QED) is 0.890. The number of hydrogen-bond acceptors (Lipinski definition) is 3. The molecule has 0 amide bonds. The summed E-state index contributed by atoms with van der Waals surface area (Å²) in [6, 6.07) is 5.86. The van der Waals surface area contributed by atoms with Crippen molar-refractivity contribution in [3.63, 3.8) is 0 Å². The Morgan fingerprint density at radius 3 is 2.81 bits per heavy atom. The first-order chi connectivity index (χ1) is 10.3. The highest BCUT2D eigenvalue weighted by Crippen LogP contribution is 2.33. The van der Waals surface area contributed by atoms with Crippen LogP contribution < -0.4 is 15.4 Å². The number of nitrogens with one attached hydrogen (secondary N) is 2. The third-order valence-electron chi connectivity index (χ3n) is 4.95. The summed E-state index contributed by atoms with van der Waals surface area (Å²) >= 11 is 0. The van der Waals surface area contributed by atoms with Gasteiger partial charge in [0.1, 0.15) is 11.6 Å². The molecular weight excluding hydrogens is 267 g/mol. The number of anilines is 1. The molecular formula is C17H25FN2O. The molecule has 1 aliphatic heterocycles. The first-order valence-corrected chi connectivity index (χ1v) is 8.11. The van der Waals surface area contributed by atoms with Gasteiger partial charge >= 0.3 is 0 Å². The molecule has 4 heteroatoms. The molecule has 3 unspecified atom stereocenters. The summed E-state index contributed by atoms with van der Waals surface area (Å²) in [5.41, 5.74) is 0.573. The fraction of sp³-hybridized carbons (Fsp3) is 0.647. The number of rotatable bonds is 4. The van der Waals surface area contributed by atoms with E-state index in [2.05, 4.69) is 10.6 Å². The minimum absolute atomic E-state index is 0.195. The monoisotopic (exact) mass is 292 g/mol. The van der Waals surface area contributed by atoms with Crippen LogP contribution in [0.5, 0.6) is 5.75 Å². The van der Waals surface area contributed by atoms with Crippen molar-refractivity contribution in [2.24, 2.45) is 5.92 Å². The predicted octanol–water partition coefficient (Wildman–Crippen LogP) is 3.56. The number of methoxy groups -OCH3 is 1. The van der Waals surface area contributed by atoms with Gasteiger partial charge in [-0.1, -0.05) is 12.8 Å². The van der Waals surface area contributed by atoms with Gasteiger partial charge in [0.05, 0.1) is 12.8 Å². The highest BCUT2D eigenvalue weighted by Gasteiger charge is 2.33. The average Bonchev–Trinajstić information content (AvgIpc) is 3.04. The zero-order valence-corrected chi connectivity index (χ0v) is 12.7. The molecule has 2 aliphatic rings. The Morgan fingerprint density at radius 1 is 1.19 bits per heavy atom. The smallest absolute Gasteiger partial charge is 0.146 e. The maximum atomic E-state index is 14.0. The SMILES string of the molecule is COc1ccc(F)c(NC2CCCCC2C2CCCN2)c1. The molecule has 1 saturated carbocycles. The van der Waals surface area contributed by atoms with Crippen molar-refractivity contribution >= 4 is 5.69 Å². The molecule has 1 aromatic carbocycles. The van der Waals surface area contributed by atoms with Crippen LogP contribution in [-0.4, -0.2) is 25.7 Å². The van der Waals surface area contributed by atoms with Gasteiger partial charge in [-0.15, -0.1) is 0 Å². The lowest BCUT2D eigenvalue weighted by Crippen LogP contribution is -2.43. The van der Waals surface area contributed by atoms with E-state index in [4.69, 9.17) is 4.74 Å². The molecule has 1 aromatic rings. The summed E-state index contributed by atoms with van der Waals surface area (Å²) in [4.78, 5) is 0. The number of hydrogen-bond donors (Lipinski definition) is 2. The Bertz CT molecular complexity index is 474. The molecule has 116 valence electrons. The largest absolute Gasteiger partial charge is 0.497 e. The molecule has 0 aromatic heterocycles. The van der Waals surface area contributed by atoms with Crippen molar-refractivity contribution in [3.05, 3.63) is 24.0 Å². The molecule has 1 aliphatic carbocycles. The normalized spacial score (nSPS) is 29.3. The molecule has 2 N–H and O–H groups in total. The van der Waals surface area contributed by atoms with Gasteiger partial charge in [-0.25, -0.2) is 4.39 Å². The average molecular weight is 292 g/mol. The number of ether oxygens (including phenoxy) is 1. The Kier molecular flexibility index (Phi) is 4.63. The second-order valence-corrected chi connectivity index (χ2v) is 6.25. The van der Waals surface area contributed by atoms with Crippen molar-refractivity contribution in [2.45, 2.75) is 50.6 Å². The summed E-state index contributed by atoms with van der Waals surface area (Å²) in [7, 11) is 1.61. The standard InChI is InChI=1S/C17H25FN2O/c1-21-12-8-9-14(18)17(11-12)20-16-6-3-2-5-13(16)15-7-4-10-19-15/h8-9,11,13,15-16,19-20H,2-7,10H2,1H3. The minimum Gasteiger partial charge on any atom is -0.497 e. The summed E-state index contributed by atoms with van der Waals surface area (Å²) in [5, 5.41) is 7.08. The zero-order valence-electron chi connectivity index (χ0n) is 12.7. The topological polar surface area (TPSA) is 33.3 Å². The maximum absolute atomic E-state index is 14.0. The third-order valence-corrected chi connectivity index (χ3v) is 4.95. The summed E-state index contributed by atoms with van der Waals surface area (Å²) in [5.74, 6) is 1.11. The molecule has 1 saturated heterocycles. The van der Waals surface area contributed by atoms with Crippen LogP contribution in [-0.2, 0) is 0 Å².